The van der Waals surface area contributed by atoms with Crippen LogP contribution in [0.5, 0.6) is 11.5 Å². The molecule has 0 atom stereocenters. The van der Waals surface area contributed by atoms with E-state index in [0.29, 0.717) is 5.69 Å². The Bertz CT molecular complexity index is 571. The molecule has 1 N–H and O–H groups in total. The van der Waals surface area contributed by atoms with Gasteiger partial charge in [-0.2, -0.15) is 0 Å². The van der Waals surface area contributed by atoms with Gasteiger partial charge >= 0.3 is 0 Å². The number of para-hydroxylation sites is 1. The number of hydrogen-bond donors (Lipinski definition) is 1. The number of benzene rings is 2. The van der Waals surface area contributed by atoms with Crippen LogP contribution in [0.15, 0.2) is 47.5 Å². The second kappa shape index (κ2) is 6.73. The van der Waals surface area contributed by atoms with Crippen LogP contribution in [-0.4, -0.2) is 25.2 Å². The summed E-state index contributed by atoms with van der Waals surface area (Å²) in [5.74, 6) is 0.920. The van der Waals surface area contributed by atoms with E-state index in [2.05, 4.69) is 4.99 Å². The first-order valence-electron chi connectivity index (χ1n) is 6.25. The van der Waals surface area contributed by atoms with Gasteiger partial charge in [0.25, 0.3) is 0 Å². The van der Waals surface area contributed by atoms with E-state index in [9.17, 15) is 5.11 Å². The summed E-state index contributed by atoms with van der Waals surface area (Å²) in [5, 5.41) is 9.76. The molecule has 2 aromatic carbocycles. The van der Waals surface area contributed by atoms with Gasteiger partial charge in [-0.05, 0) is 48.4 Å². The molecule has 4 nitrogen and oxygen atoms in total. The first kappa shape index (κ1) is 14.1. The Kier molecular flexibility index (Phi) is 4.74. The first-order valence-corrected chi connectivity index (χ1v) is 6.25. The molecular weight excluding hydrogens is 254 g/mol. The highest BCUT2D eigenvalue weighted by atomic mass is 16.7. The highest BCUT2D eigenvalue weighted by Gasteiger charge is 2.01. The van der Waals surface area contributed by atoms with Gasteiger partial charge in [0.1, 0.15) is 17.2 Å². The van der Waals surface area contributed by atoms with Gasteiger partial charge in [0.05, 0.1) is 0 Å². The van der Waals surface area contributed by atoms with E-state index in [1.807, 2.05) is 37.3 Å². The lowest BCUT2D eigenvalue weighted by Gasteiger charge is -2.04. The van der Waals surface area contributed by atoms with Gasteiger partial charge in [-0.15, -0.1) is 0 Å². The highest BCUT2D eigenvalue weighted by Crippen LogP contribution is 2.29. The standard InChI is InChI=1S/C16H17NO3/c1-12-4-3-5-15(18)16(12)17-10-13-6-8-14(9-7-13)20-11-19-2/h3-10,18H,11H2,1-2H3/b17-10+. The Morgan fingerprint density at radius 1 is 1.15 bits per heavy atom. The molecule has 0 saturated carbocycles. The van der Waals surface area contributed by atoms with Crippen molar-refractivity contribution >= 4 is 11.9 Å². The molecule has 0 bridgehead atoms. The highest BCUT2D eigenvalue weighted by molar-refractivity contribution is 5.83. The maximum Gasteiger partial charge on any atom is 0.188 e. The number of hydrogen-bond acceptors (Lipinski definition) is 4. The Hall–Kier alpha value is -2.33. The molecule has 2 rings (SSSR count). The molecule has 2 aromatic rings. The zero-order valence-corrected chi connectivity index (χ0v) is 11.5. The van der Waals surface area contributed by atoms with Gasteiger partial charge < -0.3 is 14.6 Å². The van der Waals surface area contributed by atoms with Crippen molar-refractivity contribution in [3.8, 4) is 11.5 Å². The van der Waals surface area contributed by atoms with E-state index >= 15 is 0 Å². The molecule has 0 unspecified atom stereocenters. The SMILES string of the molecule is COCOc1ccc(/C=N/c2c(C)cccc2O)cc1. The van der Waals surface area contributed by atoms with Crippen molar-refractivity contribution in [2.24, 2.45) is 4.99 Å². The topological polar surface area (TPSA) is 51.0 Å². The van der Waals surface area contributed by atoms with Crippen molar-refractivity contribution in [2.75, 3.05) is 13.9 Å². The van der Waals surface area contributed by atoms with Crippen LogP contribution < -0.4 is 4.74 Å². The van der Waals surface area contributed by atoms with Crippen molar-refractivity contribution in [3.05, 3.63) is 53.6 Å². The zero-order chi connectivity index (χ0) is 14.4. The van der Waals surface area contributed by atoms with Crippen LogP contribution in [0.1, 0.15) is 11.1 Å². The maximum atomic E-state index is 9.76. The van der Waals surface area contributed by atoms with E-state index < -0.39 is 0 Å². The predicted molar refractivity (Wildman–Crippen MR) is 79.0 cm³/mol. The average molecular weight is 271 g/mol. The molecule has 0 saturated heterocycles. The molecule has 0 aliphatic carbocycles. The van der Waals surface area contributed by atoms with Crippen LogP contribution in [0.3, 0.4) is 0 Å². The van der Waals surface area contributed by atoms with Gasteiger partial charge in [-0.3, -0.25) is 4.99 Å². The van der Waals surface area contributed by atoms with Crippen molar-refractivity contribution in [1.82, 2.24) is 0 Å². The fourth-order valence-corrected chi connectivity index (χ4v) is 1.73. The fourth-order valence-electron chi connectivity index (χ4n) is 1.73. The molecule has 0 fully saturated rings. The van der Waals surface area contributed by atoms with Crippen molar-refractivity contribution in [1.29, 1.82) is 0 Å². The fraction of sp³-hybridized carbons (Fsp3) is 0.188. The van der Waals surface area contributed by atoms with E-state index in [-0.39, 0.29) is 12.5 Å². The van der Waals surface area contributed by atoms with Crippen LogP contribution in [0.4, 0.5) is 5.69 Å². The molecule has 20 heavy (non-hydrogen) atoms. The van der Waals surface area contributed by atoms with Gasteiger partial charge in [0.2, 0.25) is 0 Å². The summed E-state index contributed by atoms with van der Waals surface area (Å²) in [6.07, 6.45) is 1.71. The molecule has 0 amide bonds. The van der Waals surface area contributed by atoms with Gasteiger partial charge in [-0.1, -0.05) is 12.1 Å². The van der Waals surface area contributed by atoms with Gasteiger partial charge in [-0.25, -0.2) is 0 Å². The third kappa shape index (κ3) is 3.59. The average Bonchev–Trinajstić information content (AvgIpc) is 2.46. The smallest absolute Gasteiger partial charge is 0.188 e. The molecule has 104 valence electrons. The van der Waals surface area contributed by atoms with Crippen molar-refractivity contribution < 1.29 is 14.6 Å². The lowest BCUT2D eigenvalue weighted by atomic mass is 10.2. The molecule has 0 aliphatic heterocycles. The summed E-state index contributed by atoms with van der Waals surface area (Å²) < 4.78 is 10.1. The Morgan fingerprint density at radius 2 is 1.90 bits per heavy atom. The van der Waals surface area contributed by atoms with E-state index in [4.69, 9.17) is 9.47 Å². The Morgan fingerprint density at radius 3 is 2.55 bits per heavy atom. The van der Waals surface area contributed by atoms with Crippen molar-refractivity contribution in [2.45, 2.75) is 6.92 Å². The largest absolute Gasteiger partial charge is 0.506 e. The van der Waals surface area contributed by atoms with Crippen LogP contribution in [0, 0.1) is 6.92 Å². The molecule has 4 heteroatoms. The van der Waals surface area contributed by atoms with Crippen LogP contribution in [0.25, 0.3) is 0 Å². The molecular formula is C16H17NO3. The predicted octanol–water partition coefficient (Wildman–Crippen LogP) is 3.43. The first-order chi connectivity index (χ1) is 9.70. The summed E-state index contributed by atoms with van der Waals surface area (Å²) in [5.41, 5.74) is 2.45. The summed E-state index contributed by atoms with van der Waals surface area (Å²) in [6, 6.07) is 12.8. The number of aromatic hydroxyl groups is 1. The number of ether oxygens (including phenoxy) is 2. The van der Waals surface area contributed by atoms with Crippen LogP contribution in [0.2, 0.25) is 0 Å². The van der Waals surface area contributed by atoms with Crippen LogP contribution >= 0.6 is 0 Å². The molecule has 0 spiro atoms. The molecule has 0 radical (unpaired) electrons. The monoisotopic (exact) mass is 271 g/mol. The summed E-state index contributed by atoms with van der Waals surface area (Å²) in [7, 11) is 1.58. The normalized spacial score (nSPS) is 10.9. The minimum Gasteiger partial charge on any atom is -0.506 e. The number of methoxy groups -OCH3 is 1. The number of aliphatic imine (C=N–C) groups is 1. The summed E-state index contributed by atoms with van der Waals surface area (Å²) in [6.45, 7) is 2.14. The van der Waals surface area contributed by atoms with E-state index in [1.165, 1.54) is 0 Å². The number of rotatable bonds is 5. The third-order valence-corrected chi connectivity index (χ3v) is 2.78. The lowest BCUT2D eigenvalue weighted by Crippen LogP contribution is -1.98. The number of nitrogens with zero attached hydrogens (tertiary/aromatic N) is 1. The summed E-state index contributed by atoms with van der Waals surface area (Å²) in [4.78, 5) is 4.33. The van der Waals surface area contributed by atoms with Gasteiger partial charge in [0.15, 0.2) is 6.79 Å². The minimum atomic E-state index is 0.182. The zero-order valence-electron chi connectivity index (χ0n) is 11.5. The quantitative estimate of drug-likeness (QED) is 0.669. The maximum absolute atomic E-state index is 9.76. The minimum absolute atomic E-state index is 0.182. The van der Waals surface area contributed by atoms with E-state index in [1.54, 1.807) is 25.5 Å². The number of aryl methyl sites for hydroxylation is 1. The number of phenols is 1. The second-order valence-electron chi connectivity index (χ2n) is 4.32. The molecule has 0 heterocycles. The second-order valence-corrected chi connectivity index (χ2v) is 4.32. The molecule has 0 aromatic heterocycles. The lowest BCUT2D eigenvalue weighted by molar-refractivity contribution is 0.0511. The third-order valence-electron chi connectivity index (χ3n) is 2.78. The van der Waals surface area contributed by atoms with E-state index in [0.717, 1.165) is 16.9 Å². The van der Waals surface area contributed by atoms with Crippen molar-refractivity contribution in [3.63, 3.8) is 0 Å². The van der Waals surface area contributed by atoms with Gasteiger partial charge in [0, 0.05) is 13.3 Å². The summed E-state index contributed by atoms with van der Waals surface area (Å²) >= 11 is 0. The van der Waals surface area contributed by atoms with Crippen LogP contribution in [-0.2, 0) is 4.74 Å². The Balaban J connectivity index is 2.11. The molecule has 0 aliphatic rings. The number of phenolic OH excluding ortho intramolecular Hbond substituents is 1. The Labute approximate surface area is 118 Å².